The second-order valence-electron chi connectivity index (χ2n) is 6.27. The van der Waals surface area contributed by atoms with E-state index in [1.54, 1.807) is 12.4 Å². The van der Waals surface area contributed by atoms with Crippen LogP contribution in [0.1, 0.15) is 36.0 Å². The molecule has 1 aliphatic rings. The summed E-state index contributed by atoms with van der Waals surface area (Å²) in [6, 6.07) is 9.66. The van der Waals surface area contributed by atoms with Crippen LogP contribution in [-0.2, 0) is 6.42 Å². The molecular weight excluding hydrogens is 336 g/mol. The summed E-state index contributed by atoms with van der Waals surface area (Å²) in [7, 11) is 0. The van der Waals surface area contributed by atoms with E-state index in [9.17, 15) is 0 Å². The van der Waals surface area contributed by atoms with E-state index in [4.69, 9.17) is 16.0 Å². The number of oxazole rings is 1. The van der Waals surface area contributed by atoms with Crippen LogP contribution in [0.15, 0.2) is 53.3 Å². The first-order valence-electron chi connectivity index (χ1n) is 8.49. The molecule has 128 valence electrons. The topological polar surface area (TPSA) is 55.1 Å². The van der Waals surface area contributed by atoms with Crippen molar-refractivity contribution >= 4 is 17.5 Å². The molecule has 1 aliphatic heterocycles. The van der Waals surface area contributed by atoms with E-state index in [1.165, 1.54) is 0 Å². The predicted octanol–water partition coefficient (Wildman–Crippen LogP) is 4.09. The van der Waals surface area contributed by atoms with E-state index < -0.39 is 0 Å². The first-order chi connectivity index (χ1) is 12.3. The molecule has 2 aromatic heterocycles. The summed E-state index contributed by atoms with van der Waals surface area (Å²) in [5.41, 5.74) is 1.05. The van der Waals surface area contributed by atoms with E-state index in [0.29, 0.717) is 6.42 Å². The van der Waals surface area contributed by atoms with Gasteiger partial charge in [0.05, 0.1) is 12.1 Å². The summed E-state index contributed by atoms with van der Waals surface area (Å²) < 4.78 is 6.03. The number of hydrogen-bond donors (Lipinski definition) is 0. The number of anilines is 1. The number of nitrogens with zero attached hydrogens (tertiary/aromatic N) is 4. The molecule has 0 amide bonds. The molecule has 0 saturated carbocycles. The molecule has 3 aromatic rings. The molecule has 0 radical (unpaired) electrons. The Hall–Kier alpha value is -2.40. The average molecular weight is 355 g/mol. The fourth-order valence-corrected chi connectivity index (χ4v) is 3.44. The Bertz CT molecular complexity index is 836. The summed E-state index contributed by atoms with van der Waals surface area (Å²) >= 11 is 6.23. The van der Waals surface area contributed by atoms with E-state index in [2.05, 4.69) is 19.9 Å². The molecule has 4 rings (SSSR count). The Morgan fingerprint density at radius 3 is 2.80 bits per heavy atom. The van der Waals surface area contributed by atoms with E-state index >= 15 is 0 Å². The summed E-state index contributed by atoms with van der Waals surface area (Å²) in [4.78, 5) is 15.4. The molecular formula is C19H19ClN4O. The highest BCUT2D eigenvalue weighted by Crippen LogP contribution is 2.29. The van der Waals surface area contributed by atoms with E-state index in [1.807, 2.05) is 36.5 Å². The van der Waals surface area contributed by atoms with Crippen molar-refractivity contribution in [2.45, 2.75) is 25.2 Å². The van der Waals surface area contributed by atoms with Crippen LogP contribution < -0.4 is 4.90 Å². The molecule has 0 bridgehead atoms. The molecule has 0 N–H and O–H groups in total. The normalized spacial score (nSPS) is 17.6. The molecule has 1 saturated heterocycles. The zero-order valence-electron chi connectivity index (χ0n) is 13.8. The van der Waals surface area contributed by atoms with Crippen molar-refractivity contribution in [3.05, 3.63) is 71.2 Å². The van der Waals surface area contributed by atoms with Gasteiger partial charge in [-0.05, 0) is 30.5 Å². The fourth-order valence-electron chi connectivity index (χ4n) is 3.24. The van der Waals surface area contributed by atoms with Crippen molar-refractivity contribution in [1.29, 1.82) is 0 Å². The molecule has 1 aromatic carbocycles. The molecule has 1 atom stereocenters. The number of piperidine rings is 1. The Labute approximate surface area is 151 Å². The van der Waals surface area contributed by atoms with Gasteiger partial charge >= 0.3 is 0 Å². The standard InChI is InChI=1S/C19H19ClN4O/c20-17-7-2-1-5-14(17)11-16-12-23-18(25-16)15-6-3-10-24(13-15)19-21-8-4-9-22-19/h1-2,4-5,7-9,12,15H,3,6,10-11,13H2. The second-order valence-corrected chi connectivity index (χ2v) is 6.67. The Balaban J connectivity index is 1.47. The van der Waals surface area contributed by atoms with Crippen LogP contribution in [0.25, 0.3) is 0 Å². The van der Waals surface area contributed by atoms with Crippen LogP contribution in [0.2, 0.25) is 5.02 Å². The largest absolute Gasteiger partial charge is 0.445 e. The quantitative estimate of drug-likeness (QED) is 0.706. The molecule has 0 spiro atoms. The number of hydrogen-bond acceptors (Lipinski definition) is 5. The summed E-state index contributed by atoms with van der Waals surface area (Å²) in [5, 5.41) is 0.755. The lowest BCUT2D eigenvalue weighted by Gasteiger charge is -2.31. The SMILES string of the molecule is Clc1ccccc1Cc1cnc(C2CCCN(c3ncccn3)C2)o1. The predicted molar refractivity (Wildman–Crippen MR) is 97.0 cm³/mol. The van der Waals surface area contributed by atoms with Gasteiger partial charge in [-0.25, -0.2) is 15.0 Å². The molecule has 3 heterocycles. The van der Waals surface area contributed by atoms with Crippen molar-refractivity contribution in [2.24, 2.45) is 0 Å². The summed E-state index contributed by atoms with van der Waals surface area (Å²) in [5.74, 6) is 2.67. The molecule has 25 heavy (non-hydrogen) atoms. The van der Waals surface area contributed by atoms with Crippen LogP contribution in [0, 0.1) is 0 Å². The number of halogens is 1. The van der Waals surface area contributed by atoms with Gasteiger partial charge in [0.15, 0.2) is 5.89 Å². The Morgan fingerprint density at radius 2 is 1.96 bits per heavy atom. The van der Waals surface area contributed by atoms with Crippen molar-refractivity contribution < 1.29 is 4.42 Å². The first kappa shape index (κ1) is 16.1. The Morgan fingerprint density at radius 1 is 1.12 bits per heavy atom. The number of aromatic nitrogens is 3. The van der Waals surface area contributed by atoms with Crippen LogP contribution in [0.5, 0.6) is 0 Å². The number of benzene rings is 1. The van der Waals surface area contributed by atoms with Gasteiger partial charge in [0.2, 0.25) is 5.95 Å². The van der Waals surface area contributed by atoms with Gasteiger partial charge in [0.1, 0.15) is 5.76 Å². The zero-order valence-corrected chi connectivity index (χ0v) is 14.6. The van der Waals surface area contributed by atoms with Gasteiger partial charge < -0.3 is 9.32 Å². The van der Waals surface area contributed by atoms with Crippen LogP contribution >= 0.6 is 11.6 Å². The van der Waals surface area contributed by atoms with Crippen molar-refractivity contribution in [3.63, 3.8) is 0 Å². The molecule has 1 fully saturated rings. The molecule has 1 unspecified atom stereocenters. The van der Waals surface area contributed by atoms with Gasteiger partial charge in [-0.15, -0.1) is 0 Å². The highest BCUT2D eigenvalue weighted by molar-refractivity contribution is 6.31. The molecule has 0 aliphatic carbocycles. The lowest BCUT2D eigenvalue weighted by Crippen LogP contribution is -2.35. The minimum Gasteiger partial charge on any atom is -0.445 e. The van der Waals surface area contributed by atoms with Crippen LogP contribution in [0.4, 0.5) is 5.95 Å². The lowest BCUT2D eigenvalue weighted by molar-refractivity contribution is 0.383. The molecule has 6 heteroatoms. The summed E-state index contributed by atoms with van der Waals surface area (Å²) in [6.45, 7) is 1.80. The fraction of sp³-hybridized carbons (Fsp3) is 0.316. The van der Waals surface area contributed by atoms with Crippen molar-refractivity contribution in [2.75, 3.05) is 18.0 Å². The van der Waals surface area contributed by atoms with Crippen molar-refractivity contribution in [3.8, 4) is 0 Å². The monoisotopic (exact) mass is 354 g/mol. The van der Waals surface area contributed by atoms with Gasteiger partial charge in [-0.3, -0.25) is 0 Å². The van der Waals surface area contributed by atoms with Gasteiger partial charge in [-0.1, -0.05) is 29.8 Å². The van der Waals surface area contributed by atoms with Crippen LogP contribution in [0.3, 0.4) is 0 Å². The third-order valence-corrected chi connectivity index (χ3v) is 4.87. The Kier molecular flexibility index (Phi) is 4.65. The zero-order chi connectivity index (χ0) is 17.1. The van der Waals surface area contributed by atoms with Gasteiger partial charge in [0, 0.05) is 36.9 Å². The second kappa shape index (κ2) is 7.23. The van der Waals surface area contributed by atoms with E-state index in [-0.39, 0.29) is 5.92 Å². The van der Waals surface area contributed by atoms with Gasteiger partial charge in [0.25, 0.3) is 0 Å². The highest BCUT2D eigenvalue weighted by Gasteiger charge is 2.26. The van der Waals surface area contributed by atoms with Crippen molar-refractivity contribution in [1.82, 2.24) is 15.0 Å². The lowest BCUT2D eigenvalue weighted by atomic mass is 9.98. The first-order valence-corrected chi connectivity index (χ1v) is 8.87. The van der Waals surface area contributed by atoms with Gasteiger partial charge in [-0.2, -0.15) is 0 Å². The highest BCUT2D eigenvalue weighted by atomic mass is 35.5. The third-order valence-electron chi connectivity index (χ3n) is 4.50. The minimum atomic E-state index is 0.262. The minimum absolute atomic E-state index is 0.262. The average Bonchev–Trinajstić information content (AvgIpc) is 3.13. The molecule has 5 nitrogen and oxygen atoms in total. The third kappa shape index (κ3) is 3.66. The van der Waals surface area contributed by atoms with Crippen LogP contribution in [-0.4, -0.2) is 28.0 Å². The smallest absolute Gasteiger partial charge is 0.225 e. The number of rotatable bonds is 4. The maximum atomic E-state index is 6.23. The summed E-state index contributed by atoms with van der Waals surface area (Å²) in [6.07, 6.45) is 8.17. The maximum Gasteiger partial charge on any atom is 0.225 e. The maximum absolute atomic E-state index is 6.23. The van der Waals surface area contributed by atoms with E-state index in [0.717, 1.165) is 54.1 Å².